The monoisotopic (exact) mass is 474 g/mol. The maximum atomic E-state index is 12.6. The molecule has 0 spiro atoms. The molecule has 1 heterocycles. The van der Waals surface area contributed by atoms with Crippen LogP contribution in [0.25, 0.3) is 0 Å². The second-order valence-corrected chi connectivity index (χ2v) is 11.8. The zero-order chi connectivity index (χ0) is 23.2. The van der Waals surface area contributed by atoms with Gasteiger partial charge in [-0.15, -0.1) is 0 Å². The van der Waals surface area contributed by atoms with Gasteiger partial charge < -0.3 is 10.6 Å². The lowest BCUT2D eigenvalue weighted by Gasteiger charge is -2.30. The van der Waals surface area contributed by atoms with Crippen LogP contribution in [0, 0.1) is 5.92 Å². The minimum absolute atomic E-state index is 0.233. The lowest BCUT2D eigenvalue weighted by atomic mass is 9.98. The first-order valence-electron chi connectivity index (χ1n) is 10.6. The molecule has 1 atom stereocenters. The van der Waals surface area contributed by atoms with Crippen molar-refractivity contribution in [1.29, 1.82) is 0 Å². The van der Waals surface area contributed by atoms with E-state index in [9.17, 15) is 21.6 Å². The summed E-state index contributed by atoms with van der Waals surface area (Å²) in [7, 11) is -6.66. The molecule has 176 valence electrons. The fourth-order valence-corrected chi connectivity index (χ4v) is 5.99. The average molecular weight is 475 g/mol. The van der Waals surface area contributed by atoms with Crippen LogP contribution < -0.4 is 10.6 Å². The van der Waals surface area contributed by atoms with Gasteiger partial charge >= 0.3 is 6.03 Å². The Bertz CT molecular complexity index is 936. The highest BCUT2D eigenvalue weighted by molar-refractivity contribution is 7.89. The minimum atomic E-state index is -3.51. The predicted molar refractivity (Wildman–Crippen MR) is 121 cm³/mol. The Hall–Kier alpha value is -1.69. The van der Waals surface area contributed by atoms with Crippen molar-refractivity contribution in [2.75, 3.05) is 39.0 Å². The van der Waals surface area contributed by atoms with Crippen LogP contribution in [0.4, 0.5) is 4.79 Å². The number of piperidine rings is 1. The molecule has 2 amide bonds. The van der Waals surface area contributed by atoms with Gasteiger partial charge in [0.15, 0.2) is 0 Å². The van der Waals surface area contributed by atoms with Crippen LogP contribution in [0.3, 0.4) is 0 Å². The SMILES string of the molecule is CCN(CC)S(=O)(=O)c1ccc(C(C)NC(=O)NCC2CCN(S(C)(=O)=O)CC2)cc1. The molecule has 2 N–H and O–H groups in total. The summed E-state index contributed by atoms with van der Waals surface area (Å²) in [4.78, 5) is 12.5. The molecule has 1 saturated heterocycles. The van der Waals surface area contributed by atoms with Gasteiger partial charge in [-0.1, -0.05) is 26.0 Å². The van der Waals surface area contributed by atoms with Gasteiger partial charge in [0.2, 0.25) is 20.0 Å². The second kappa shape index (κ2) is 10.8. The van der Waals surface area contributed by atoms with E-state index in [2.05, 4.69) is 10.6 Å². The number of hydrogen-bond donors (Lipinski definition) is 2. The van der Waals surface area contributed by atoms with Gasteiger partial charge in [-0.05, 0) is 43.4 Å². The van der Waals surface area contributed by atoms with Crippen molar-refractivity contribution in [1.82, 2.24) is 19.2 Å². The standard InChI is InChI=1S/C20H34N4O5S2/c1-5-23(6-2)31(28,29)19-9-7-18(8-10-19)16(3)22-20(25)21-15-17-11-13-24(14-12-17)30(4,26)27/h7-10,16-17H,5-6,11-15H2,1-4H3,(H2,21,22,25). The quantitative estimate of drug-likeness (QED) is 0.566. The molecule has 1 aliphatic heterocycles. The zero-order valence-corrected chi connectivity index (χ0v) is 20.3. The molecule has 0 aliphatic carbocycles. The lowest BCUT2D eigenvalue weighted by Crippen LogP contribution is -2.43. The molecule has 11 heteroatoms. The Kier molecular flexibility index (Phi) is 8.87. The number of sulfonamides is 2. The highest BCUT2D eigenvalue weighted by atomic mass is 32.2. The van der Waals surface area contributed by atoms with Gasteiger partial charge in [-0.3, -0.25) is 0 Å². The van der Waals surface area contributed by atoms with Crippen LogP contribution in [0.5, 0.6) is 0 Å². The van der Waals surface area contributed by atoms with Gasteiger partial charge in [0.05, 0.1) is 17.2 Å². The van der Waals surface area contributed by atoms with Crippen LogP contribution in [0.15, 0.2) is 29.2 Å². The average Bonchev–Trinajstić information content (AvgIpc) is 2.72. The highest BCUT2D eigenvalue weighted by Gasteiger charge is 2.25. The summed E-state index contributed by atoms with van der Waals surface area (Å²) < 4.78 is 51.1. The molecular formula is C20H34N4O5S2. The number of carbonyl (C=O) groups is 1. The molecule has 9 nitrogen and oxygen atoms in total. The summed E-state index contributed by atoms with van der Waals surface area (Å²) >= 11 is 0. The molecule has 0 bridgehead atoms. The van der Waals surface area contributed by atoms with E-state index in [-0.39, 0.29) is 22.9 Å². The molecule has 1 aromatic carbocycles. The molecule has 1 aromatic rings. The first kappa shape index (κ1) is 25.6. The Balaban J connectivity index is 1.85. The molecular weight excluding hydrogens is 440 g/mol. The van der Waals surface area contributed by atoms with Crippen molar-refractivity contribution in [3.63, 3.8) is 0 Å². The van der Waals surface area contributed by atoms with Crippen molar-refractivity contribution in [3.8, 4) is 0 Å². The van der Waals surface area contributed by atoms with Gasteiger partial charge in [0.1, 0.15) is 0 Å². The Morgan fingerprint density at radius 2 is 1.65 bits per heavy atom. The van der Waals surface area contributed by atoms with Crippen LogP contribution in [0.1, 0.15) is 45.2 Å². The van der Waals surface area contributed by atoms with E-state index in [1.807, 2.05) is 6.92 Å². The number of nitrogens with one attached hydrogen (secondary N) is 2. The zero-order valence-electron chi connectivity index (χ0n) is 18.7. The third kappa shape index (κ3) is 6.90. The second-order valence-electron chi connectivity index (χ2n) is 7.84. The van der Waals surface area contributed by atoms with E-state index in [4.69, 9.17) is 0 Å². The highest BCUT2D eigenvalue weighted by Crippen LogP contribution is 2.20. The van der Waals surface area contributed by atoms with Gasteiger partial charge in [0, 0.05) is 32.7 Å². The van der Waals surface area contributed by atoms with E-state index in [0.29, 0.717) is 45.6 Å². The molecule has 1 fully saturated rings. The number of carbonyl (C=O) groups excluding carboxylic acids is 1. The first-order chi connectivity index (χ1) is 14.5. The van der Waals surface area contributed by atoms with Crippen molar-refractivity contribution < 1.29 is 21.6 Å². The maximum Gasteiger partial charge on any atom is 0.315 e. The van der Waals surface area contributed by atoms with E-state index in [0.717, 1.165) is 5.56 Å². The summed E-state index contributed by atoms with van der Waals surface area (Å²) in [6.45, 7) is 7.69. The number of rotatable bonds is 9. The summed E-state index contributed by atoms with van der Waals surface area (Å²) in [6, 6.07) is 5.95. The molecule has 0 aromatic heterocycles. The lowest BCUT2D eigenvalue weighted by molar-refractivity contribution is 0.228. The van der Waals surface area contributed by atoms with E-state index >= 15 is 0 Å². The third-order valence-corrected chi connectivity index (χ3v) is 9.03. The molecule has 1 aliphatic rings. The number of amides is 2. The fourth-order valence-electron chi connectivity index (χ4n) is 3.65. The molecule has 31 heavy (non-hydrogen) atoms. The van der Waals surface area contributed by atoms with Crippen LogP contribution in [0.2, 0.25) is 0 Å². The Morgan fingerprint density at radius 1 is 1.10 bits per heavy atom. The summed E-state index contributed by atoms with van der Waals surface area (Å²) in [5, 5.41) is 5.71. The smallest absolute Gasteiger partial charge is 0.315 e. The van der Waals surface area contributed by atoms with Crippen molar-refractivity contribution in [2.45, 2.75) is 44.6 Å². The van der Waals surface area contributed by atoms with E-state index in [1.165, 1.54) is 14.9 Å². The molecule has 2 rings (SSSR count). The Morgan fingerprint density at radius 3 is 2.13 bits per heavy atom. The fraction of sp³-hybridized carbons (Fsp3) is 0.650. The summed E-state index contributed by atoms with van der Waals surface area (Å²) in [5.74, 6) is 0.239. The minimum Gasteiger partial charge on any atom is -0.338 e. The van der Waals surface area contributed by atoms with Gasteiger partial charge in [-0.2, -0.15) is 4.31 Å². The third-order valence-electron chi connectivity index (χ3n) is 5.66. The van der Waals surface area contributed by atoms with Crippen molar-refractivity contribution >= 4 is 26.1 Å². The van der Waals surface area contributed by atoms with Gasteiger partial charge in [-0.25, -0.2) is 25.9 Å². The maximum absolute atomic E-state index is 12.6. The number of urea groups is 1. The first-order valence-corrected chi connectivity index (χ1v) is 13.9. The number of hydrogen-bond acceptors (Lipinski definition) is 5. The van der Waals surface area contributed by atoms with Gasteiger partial charge in [0.25, 0.3) is 0 Å². The van der Waals surface area contributed by atoms with Crippen LogP contribution >= 0.6 is 0 Å². The summed E-state index contributed by atoms with van der Waals surface area (Å²) in [5.41, 5.74) is 0.801. The van der Waals surface area contributed by atoms with Crippen LogP contribution in [-0.4, -0.2) is 70.5 Å². The molecule has 0 saturated carbocycles. The number of nitrogens with zero attached hydrogens (tertiary/aromatic N) is 2. The topological polar surface area (TPSA) is 116 Å². The van der Waals surface area contributed by atoms with Crippen molar-refractivity contribution in [3.05, 3.63) is 29.8 Å². The molecule has 0 radical (unpaired) electrons. The normalized spacial score (nSPS) is 17.5. The summed E-state index contributed by atoms with van der Waals surface area (Å²) in [6.07, 6.45) is 2.64. The predicted octanol–water partition coefficient (Wildman–Crippen LogP) is 1.75. The van der Waals surface area contributed by atoms with Crippen molar-refractivity contribution in [2.24, 2.45) is 5.92 Å². The van der Waals surface area contributed by atoms with E-state index < -0.39 is 20.0 Å². The van der Waals surface area contributed by atoms with E-state index in [1.54, 1.807) is 38.1 Å². The largest absolute Gasteiger partial charge is 0.338 e. The number of benzene rings is 1. The Labute approximate surface area is 186 Å². The molecule has 1 unspecified atom stereocenters. The van der Waals surface area contributed by atoms with Crippen LogP contribution in [-0.2, 0) is 20.0 Å².